The average Bonchev–Trinajstić information content (AvgIpc) is 2.48. The average molecular weight is 310 g/mol. The quantitative estimate of drug-likeness (QED) is 0.739. The van der Waals surface area contributed by atoms with Gasteiger partial charge < -0.3 is 0 Å². The lowest BCUT2D eigenvalue weighted by atomic mass is 10.0. The molecule has 0 atom stereocenters. The fraction of sp³-hybridized carbons (Fsp3) is 0.412. The minimum Gasteiger partial charge on any atom is -0.265 e. The van der Waals surface area contributed by atoms with Gasteiger partial charge in [-0.05, 0) is 47.2 Å². The maximum Gasteiger partial charge on any atom is 0.433 e. The summed E-state index contributed by atoms with van der Waals surface area (Å²) >= 11 is 0. The lowest BCUT2D eigenvalue weighted by Gasteiger charge is -2.09. The second-order valence-electron chi connectivity index (χ2n) is 5.56. The van der Waals surface area contributed by atoms with Crippen LogP contribution in [-0.2, 0) is 6.18 Å². The molecule has 0 saturated heterocycles. The van der Waals surface area contributed by atoms with Gasteiger partial charge in [0.1, 0.15) is 5.69 Å². The number of pyridine rings is 2. The third-order valence-electron chi connectivity index (χ3n) is 3.11. The summed E-state index contributed by atoms with van der Waals surface area (Å²) in [6.07, 6.45) is 0.508. The van der Waals surface area contributed by atoms with Crippen molar-refractivity contribution in [2.24, 2.45) is 0 Å². The number of alkyl halides is 3. The molecule has 0 aliphatic carbocycles. The zero-order chi connectivity index (χ0) is 16.8. The molecule has 2 aromatic heterocycles. The molecule has 0 bridgehead atoms. The summed E-state index contributed by atoms with van der Waals surface area (Å²) < 4.78 is 36.5. The zero-order valence-corrected chi connectivity index (χ0v) is 13.2. The highest BCUT2D eigenvalue weighted by atomic mass is 19.4. The van der Waals surface area contributed by atoms with E-state index in [1.165, 1.54) is 11.8 Å². The largest absolute Gasteiger partial charge is 0.433 e. The highest BCUT2D eigenvalue weighted by molar-refractivity contribution is 5.21. The number of hydrogen-bond donors (Lipinski definition) is 0. The van der Waals surface area contributed by atoms with Gasteiger partial charge in [0.25, 0.3) is 0 Å². The van der Waals surface area contributed by atoms with Gasteiger partial charge in [0.15, 0.2) is 0 Å². The predicted molar refractivity (Wildman–Crippen MR) is 81.7 cm³/mol. The number of halogens is 3. The van der Waals surface area contributed by atoms with Crippen LogP contribution < -0.4 is 0 Å². The molecule has 0 saturated carbocycles. The minimum atomic E-state index is -4.34. The first-order valence-electron chi connectivity index (χ1n) is 7.15. The van der Waals surface area contributed by atoms with E-state index >= 15 is 0 Å². The molecular formula is C17H21F3N2. The van der Waals surface area contributed by atoms with Crippen LogP contribution in [0.15, 0.2) is 42.9 Å². The number of aromatic nitrogens is 2. The molecule has 0 aromatic carbocycles. The Morgan fingerprint density at radius 2 is 1.32 bits per heavy atom. The first kappa shape index (κ1) is 18.1. The van der Waals surface area contributed by atoms with Crippen LogP contribution in [-0.4, -0.2) is 9.97 Å². The molecule has 0 unspecified atom stereocenters. The van der Waals surface area contributed by atoms with Crippen LogP contribution in [0.25, 0.3) is 0 Å². The first-order valence-corrected chi connectivity index (χ1v) is 7.15. The Kier molecular flexibility index (Phi) is 6.53. The van der Waals surface area contributed by atoms with Crippen molar-refractivity contribution in [1.29, 1.82) is 0 Å². The molecule has 0 spiro atoms. The molecule has 2 nitrogen and oxygen atoms in total. The van der Waals surface area contributed by atoms with Crippen molar-refractivity contribution >= 4 is 0 Å². The maximum atomic E-state index is 12.2. The summed E-state index contributed by atoms with van der Waals surface area (Å²) in [5.41, 5.74) is 1.19. The predicted octanol–water partition coefficient (Wildman–Crippen LogP) is 5.43. The van der Waals surface area contributed by atoms with Gasteiger partial charge >= 0.3 is 6.18 Å². The van der Waals surface area contributed by atoms with Crippen LogP contribution in [0.1, 0.15) is 56.4 Å². The topological polar surface area (TPSA) is 25.8 Å². The van der Waals surface area contributed by atoms with Gasteiger partial charge in [0.2, 0.25) is 0 Å². The van der Waals surface area contributed by atoms with Crippen molar-refractivity contribution in [3.63, 3.8) is 0 Å². The summed E-state index contributed by atoms with van der Waals surface area (Å²) in [5, 5.41) is 0. The molecular weight excluding hydrogens is 289 g/mol. The molecule has 0 fully saturated rings. The smallest absolute Gasteiger partial charge is 0.265 e. The molecule has 5 heteroatoms. The van der Waals surface area contributed by atoms with Gasteiger partial charge in [-0.25, -0.2) is 0 Å². The normalized spacial score (nSPS) is 11.3. The second kappa shape index (κ2) is 7.92. The number of rotatable bonds is 2. The summed E-state index contributed by atoms with van der Waals surface area (Å²) in [6.45, 7) is 8.04. The van der Waals surface area contributed by atoms with Crippen molar-refractivity contribution in [2.45, 2.75) is 45.7 Å². The Hall–Kier alpha value is -1.91. The Bertz CT molecular complexity index is 564. The highest BCUT2D eigenvalue weighted by Crippen LogP contribution is 2.29. The van der Waals surface area contributed by atoms with E-state index in [1.54, 1.807) is 6.07 Å². The van der Waals surface area contributed by atoms with Crippen LogP contribution >= 0.6 is 0 Å². The van der Waals surface area contributed by atoms with Gasteiger partial charge in [0.05, 0.1) is 0 Å². The molecule has 0 amide bonds. The minimum absolute atomic E-state index is 0.0871. The third-order valence-corrected chi connectivity index (χ3v) is 3.11. The molecule has 2 heterocycles. The van der Waals surface area contributed by atoms with E-state index in [4.69, 9.17) is 0 Å². The van der Waals surface area contributed by atoms with Crippen LogP contribution in [0, 0.1) is 0 Å². The van der Waals surface area contributed by atoms with Crippen LogP contribution in [0.3, 0.4) is 0 Å². The molecule has 0 aliphatic rings. The van der Waals surface area contributed by atoms with Crippen LogP contribution in [0.5, 0.6) is 0 Å². The number of hydrogen-bond acceptors (Lipinski definition) is 2. The standard InChI is InChI=1S/C9H10F3N.C8H11N/c1-6(2)7-3-4-13-8(5-7)9(10,11)12;1-7(2)8-3-5-9-6-4-8/h3-6H,1-2H3;3-7H,1-2H3. The summed E-state index contributed by atoms with van der Waals surface area (Å²) in [7, 11) is 0. The van der Waals surface area contributed by atoms with Gasteiger partial charge in [-0.15, -0.1) is 0 Å². The lowest BCUT2D eigenvalue weighted by Crippen LogP contribution is -2.08. The maximum absolute atomic E-state index is 12.2. The van der Waals surface area contributed by atoms with E-state index in [0.29, 0.717) is 11.5 Å². The number of nitrogens with zero attached hydrogens (tertiary/aromatic N) is 2. The third kappa shape index (κ3) is 5.84. The summed E-state index contributed by atoms with van der Waals surface area (Å²) in [5.74, 6) is 0.706. The van der Waals surface area contributed by atoms with E-state index in [1.807, 2.05) is 38.4 Å². The van der Waals surface area contributed by atoms with Crippen LogP contribution in [0.2, 0.25) is 0 Å². The van der Waals surface area contributed by atoms with E-state index in [0.717, 1.165) is 6.07 Å². The summed E-state index contributed by atoms with van der Waals surface area (Å²) in [6, 6.07) is 6.78. The SMILES string of the molecule is CC(C)c1ccnc(C(F)(F)F)c1.CC(C)c1ccncc1. The fourth-order valence-corrected chi connectivity index (χ4v) is 1.71. The molecule has 120 valence electrons. The molecule has 2 rings (SSSR count). The van der Waals surface area contributed by atoms with E-state index in [9.17, 15) is 13.2 Å². The van der Waals surface area contributed by atoms with Crippen molar-refractivity contribution in [1.82, 2.24) is 9.97 Å². The van der Waals surface area contributed by atoms with E-state index in [-0.39, 0.29) is 5.92 Å². The fourth-order valence-electron chi connectivity index (χ4n) is 1.71. The molecule has 0 radical (unpaired) electrons. The molecule has 0 N–H and O–H groups in total. The van der Waals surface area contributed by atoms with Crippen molar-refractivity contribution < 1.29 is 13.2 Å². The Balaban J connectivity index is 0.000000235. The van der Waals surface area contributed by atoms with E-state index < -0.39 is 11.9 Å². The highest BCUT2D eigenvalue weighted by Gasteiger charge is 2.32. The van der Waals surface area contributed by atoms with Gasteiger partial charge in [-0.3, -0.25) is 9.97 Å². The molecule has 2 aromatic rings. The lowest BCUT2D eigenvalue weighted by molar-refractivity contribution is -0.141. The molecule has 0 aliphatic heterocycles. The Morgan fingerprint density at radius 3 is 1.73 bits per heavy atom. The second-order valence-corrected chi connectivity index (χ2v) is 5.56. The Labute approximate surface area is 129 Å². The van der Waals surface area contributed by atoms with Crippen molar-refractivity contribution in [3.05, 3.63) is 59.7 Å². The van der Waals surface area contributed by atoms with Gasteiger partial charge in [0, 0.05) is 18.6 Å². The Morgan fingerprint density at radius 1 is 0.818 bits per heavy atom. The van der Waals surface area contributed by atoms with Crippen molar-refractivity contribution in [3.8, 4) is 0 Å². The summed E-state index contributed by atoms with van der Waals surface area (Å²) in [4.78, 5) is 7.20. The monoisotopic (exact) mass is 310 g/mol. The van der Waals surface area contributed by atoms with Crippen molar-refractivity contribution in [2.75, 3.05) is 0 Å². The zero-order valence-electron chi connectivity index (χ0n) is 13.2. The van der Waals surface area contributed by atoms with Gasteiger partial charge in [-0.1, -0.05) is 27.7 Å². The van der Waals surface area contributed by atoms with Gasteiger partial charge in [-0.2, -0.15) is 13.2 Å². The molecule has 22 heavy (non-hydrogen) atoms. The first-order chi connectivity index (χ1) is 10.2. The van der Waals surface area contributed by atoms with E-state index in [2.05, 4.69) is 23.8 Å². The van der Waals surface area contributed by atoms with Crippen LogP contribution in [0.4, 0.5) is 13.2 Å².